The van der Waals surface area contributed by atoms with Gasteiger partial charge in [0.25, 0.3) is 0 Å². The van der Waals surface area contributed by atoms with Crippen LogP contribution in [0.4, 0.5) is 10.1 Å². The molecule has 1 amide bonds. The maximum absolute atomic E-state index is 12.8. The first-order valence-electron chi connectivity index (χ1n) is 6.99. The second-order valence-corrected chi connectivity index (χ2v) is 5.24. The number of ether oxygens (including phenoxy) is 1. The fourth-order valence-electron chi connectivity index (χ4n) is 2.34. The quantitative estimate of drug-likeness (QED) is 0.899. The molecule has 1 N–H and O–H groups in total. The average molecular weight is 280 g/mol. The molecule has 1 aromatic rings. The van der Waals surface area contributed by atoms with Gasteiger partial charge in [-0.3, -0.25) is 9.69 Å². The Morgan fingerprint density at radius 1 is 1.40 bits per heavy atom. The molecule has 0 spiro atoms. The van der Waals surface area contributed by atoms with Gasteiger partial charge in [0, 0.05) is 18.8 Å². The largest absolute Gasteiger partial charge is 0.377 e. The van der Waals surface area contributed by atoms with E-state index in [1.807, 2.05) is 11.9 Å². The van der Waals surface area contributed by atoms with Crippen molar-refractivity contribution >= 4 is 11.6 Å². The van der Waals surface area contributed by atoms with Gasteiger partial charge in [0.1, 0.15) is 5.82 Å². The number of amides is 1. The Morgan fingerprint density at radius 3 is 2.80 bits per heavy atom. The molecule has 5 heteroatoms. The van der Waals surface area contributed by atoms with Crippen molar-refractivity contribution in [1.82, 2.24) is 4.90 Å². The lowest BCUT2D eigenvalue weighted by Gasteiger charge is -2.27. The van der Waals surface area contributed by atoms with E-state index in [-0.39, 0.29) is 17.8 Å². The summed E-state index contributed by atoms with van der Waals surface area (Å²) in [6.45, 7) is 1.88. The lowest BCUT2D eigenvalue weighted by molar-refractivity contribution is -0.117. The molecule has 0 aromatic heterocycles. The summed E-state index contributed by atoms with van der Waals surface area (Å²) in [6.07, 6.45) is 3.61. The zero-order valence-electron chi connectivity index (χ0n) is 11.8. The minimum atomic E-state index is -0.311. The highest BCUT2D eigenvalue weighted by Crippen LogP contribution is 2.13. The normalized spacial score (nSPS) is 19.1. The van der Waals surface area contributed by atoms with E-state index in [1.165, 1.54) is 18.6 Å². The second kappa shape index (κ2) is 7.36. The Bertz CT molecular complexity index is 430. The fourth-order valence-corrected chi connectivity index (χ4v) is 2.34. The van der Waals surface area contributed by atoms with E-state index in [9.17, 15) is 9.18 Å². The minimum absolute atomic E-state index is 0.102. The van der Waals surface area contributed by atoms with Gasteiger partial charge in [-0.2, -0.15) is 0 Å². The number of likely N-dealkylation sites (N-methyl/N-ethyl adjacent to an activating group) is 1. The zero-order chi connectivity index (χ0) is 14.4. The molecule has 2 rings (SSSR count). The molecule has 0 unspecified atom stereocenters. The predicted octanol–water partition coefficient (Wildman–Crippen LogP) is 2.27. The van der Waals surface area contributed by atoms with Gasteiger partial charge in [-0.05, 0) is 50.6 Å². The van der Waals surface area contributed by atoms with Gasteiger partial charge in [-0.25, -0.2) is 4.39 Å². The summed E-state index contributed by atoms with van der Waals surface area (Å²) in [7, 11) is 1.90. The number of rotatable bonds is 5. The van der Waals surface area contributed by atoms with Gasteiger partial charge < -0.3 is 10.1 Å². The van der Waals surface area contributed by atoms with Crippen LogP contribution in [0.1, 0.15) is 19.3 Å². The van der Waals surface area contributed by atoms with Crippen LogP contribution in [0.15, 0.2) is 24.3 Å². The monoisotopic (exact) mass is 280 g/mol. The molecule has 20 heavy (non-hydrogen) atoms. The minimum Gasteiger partial charge on any atom is -0.377 e. The summed E-state index contributed by atoms with van der Waals surface area (Å²) in [5.74, 6) is -0.413. The van der Waals surface area contributed by atoms with Gasteiger partial charge >= 0.3 is 0 Å². The summed E-state index contributed by atoms with van der Waals surface area (Å²) < 4.78 is 18.4. The number of hydrogen-bond acceptors (Lipinski definition) is 3. The number of anilines is 1. The van der Waals surface area contributed by atoms with Crippen LogP contribution in [0.5, 0.6) is 0 Å². The highest BCUT2D eigenvalue weighted by molar-refractivity contribution is 5.92. The number of carbonyl (C=O) groups is 1. The van der Waals surface area contributed by atoms with Crippen LogP contribution >= 0.6 is 0 Å². The molecule has 1 aliphatic rings. The second-order valence-electron chi connectivity index (χ2n) is 5.24. The van der Waals surface area contributed by atoms with E-state index < -0.39 is 0 Å². The molecule has 4 nitrogen and oxygen atoms in total. The summed E-state index contributed by atoms with van der Waals surface area (Å²) in [4.78, 5) is 13.8. The fraction of sp³-hybridized carbons (Fsp3) is 0.533. The first-order valence-corrected chi connectivity index (χ1v) is 6.99. The van der Waals surface area contributed by atoms with E-state index in [0.29, 0.717) is 12.2 Å². The first-order chi connectivity index (χ1) is 9.63. The van der Waals surface area contributed by atoms with E-state index in [2.05, 4.69) is 5.32 Å². The van der Waals surface area contributed by atoms with Crippen LogP contribution in [-0.4, -0.2) is 43.7 Å². The van der Waals surface area contributed by atoms with Crippen molar-refractivity contribution in [3.63, 3.8) is 0 Å². The molecular weight excluding hydrogens is 259 g/mol. The smallest absolute Gasteiger partial charge is 0.238 e. The molecule has 0 bridgehead atoms. The van der Waals surface area contributed by atoms with Crippen LogP contribution in [0, 0.1) is 5.82 Å². The standard InChI is InChI=1S/C15H21FN2O2/c1-18(10-14-4-2-3-9-20-14)11-15(19)17-13-7-5-12(16)6-8-13/h5-8,14H,2-4,9-11H2,1H3,(H,17,19)/t14-/m1/s1. The summed E-state index contributed by atoms with van der Waals surface area (Å²) in [5.41, 5.74) is 0.610. The molecule has 0 aliphatic carbocycles. The van der Waals surface area contributed by atoms with E-state index in [1.54, 1.807) is 12.1 Å². The Kier molecular flexibility index (Phi) is 5.49. The molecular formula is C15H21FN2O2. The van der Waals surface area contributed by atoms with Crippen LogP contribution in [-0.2, 0) is 9.53 Å². The molecule has 0 radical (unpaired) electrons. The molecule has 1 fully saturated rings. The topological polar surface area (TPSA) is 41.6 Å². The molecule has 1 aliphatic heterocycles. The number of hydrogen-bond donors (Lipinski definition) is 1. The number of nitrogens with one attached hydrogen (secondary N) is 1. The van der Waals surface area contributed by atoms with Crippen molar-refractivity contribution < 1.29 is 13.9 Å². The van der Waals surface area contributed by atoms with Crippen molar-refractivity contribution in [2.24, 2.45) is 0 Å². The third-order valence-corrected chi connectivity index (χ3v) is 3.33. The Hall–Kier alpha value is -1.46. The number of halogens is 1. The van der Waals surface area contributed by atoms with Gasteiger partial charge in [0.2, 0.25) is 5.91 Å². The molecule has 110 valence electrons. The summed E-state index contributed by atoms with van der Waals surface area (Å²) >= 11 is 0. The van der Waals surface area contributed by atoms with Crippen molar-refractivity contribution in [3.8, 4) is 0 Å². The SMILES string of the molecule is CN(CC(=O)Nc1ccc(F)cc1)C[C@H]1CCCCO1. The Balaban J connectivity index is 1.74. The maximum Gasteiger partial charge on any atom is 0.238 e. The van der Waals surface area contributed by atoms with Gasteiger partial charge in [0.15, 0.2) is 0 Å². The summed E-state index contributed by atoms with van der Waals surface area (Å²) in [6, 6.07) is 5.76. The van der Waals surface area contributed by atoms with Crippen LogP contribution in [0.3, 0.4) is 0 Å². The lowest BCUT2D eigenvalue weighted by atomic mass is 10.1. The van der Waals surface area contributed by atoms with Gasteiger partial charge in [-0.1, -0.05) is 0 Å². The molecule has 1 atom stereocenters. The van der Waals surface area contributed by atoms with Crippen LogP contribution < -0.4 is 5.32 Å². The molecule has 0 saturated carbocycles. The highest BCUT2D eigenvalue weighted by atomic mass is 19.1. The van der Waals surface area contributed by atoms with E-state index in [0.717, 1.165) is 26.0 Å². The van der Waals surface area contributed by atoms with Crippen molar-refractivity contribution in [2.75, 3.05) is 32.1 Å². The van der Waals surface area contributed by atoms with E-state index in [4.69, 9.17) is 4.74 Å². The molecule has 1 aromatic carbocycles. The first kappa shape index (κ1) is 14.9. The zero-order valence-corrected chi connectivity index (χ0v) is 11.8. The van der Waals surface area contributed by atoms with Gasteiger partial charge in [-0.15, -0.1) is 0 Å². The van der Waals surface area contributed by atoms with Crippen molar-refractivity contribution in [3.05, 3.63) is 30.1 Å². The number of nitrogens with zero attached hydrogens (tertiary/aromatic N) is 1. The lowest BCUT2D eigenvalue weighted by Crippen LogP contribution is -2.37. The van der Waals surface area contributed by atoms with Crippen molar-refractivity contribution in [1.29, 1.82) is 0 Å². The Morgan fingerprint density at radius 2 is 2.15 bits per heavy atom. The predicted molar refractivity (Wildman–Crippen MR) is 76.1 cm³/mol. The summed E-state index contributed by atoms with van der Waals surface area (Å²) in [5, 5.41) is 2.75. The van der Waals surface area contributed by atoms with Crippen LogP contribution in [0.25, 0.3) is 0 Å². The highest BCUT2D eigenvalue weighted by Gasteiger charge is 2.17. The molecule has 1 heterocycles. The number of carbonyl (C=O) groups excluding carboxylic acids is 1. The third kappa shape index (κ3) is 4.90. The number of benzene rings is 1. The maximum atomic E-state index is 12.8. The van der Waals surface area contributed by atoms with Gasteiger partial charge in [0.05, 0.1) is 12.6 Å². The third-order valence-electron chi connectivity index (χ3n) is 3.33. The van der Waals surface area contributed by atoms with Crippen LogP contribution in [0.2, 0.25) is 0 Å². The average Bonchev–Trinajstić information content (AvgIpc) is 2.42. The molecule has 1 saturated heterocycles. The van der Waals surface area contributed by atoms with E-state index >= 15 is 0 Å². The van der Waals surface area contributed by atoms with Crippen molar-refractivity contribution in [2.45, 2.75) is 25.4 Å². The Labute approximate surface area is 118 Å².